The summed E-state index contributed by atoms with van der Waals surface area (Å²) >= 11 is 0. The lowest BCUT2D eigenvalue weighted by Crippen LogP contribution is -2.33. The predicted octanol–water partition coefficient (Wildman–Crippen LogP) is 3.76. The summed E-state index contributed by atoms with van der Waals surface area (Å²) in [6, 6.07) is 12.1. The van der Waals surface area contributed by atoms with Crippen molar-refractivity contribution in [3.63, 3.8) is 0 Å². The van der Waals surface area contributed by atoms with Gasteiger partial charge in [-0.05, 0) is 42.2 Å². The van der Waals surface area contributed by atoms with E-state index >= 15 is 0 Å². The molecule has 0 fully saturated rings. The van der Waals surface area contributed by atoms with Crippen molar-refractivity contribution in [2.24, 2.45) is 10.7 Å². The summed E-state index contributed by atoms with van der Waals surface area (Å²) in [7, 11) is 3.24. The zero-order chi connectivity index (χ0) is 19.2. The summed E-state index contributed by atoms with van der Waals surface area (Å²) in [5.74, 6) is 1.82. The summed E-state index contributed by atoms with van der Waals surface area (Å²) in [5.41, 5.74) is 10.7. The van der Waals surface area contributed by atoms with Crippen LogP contribution >= 0.6 is 24.0 Å². The van der Waals surface area contributed by atoms with Gasteiger partial charge in [0.15, 0.2) is 17.5 Å². The second-order valence-electron chi connectivity index (χ2n) is 6.38. The SMILES string of the molecule is COc1ccc(CN=C(N)NCCc2c[nH]c3c(C)cccc23)cc1OC.I. The van der Waals surface area contributed by atoms with E-state index < -0.39 is 0 Å². The Kier molecular flexibility index (Phi) is 7.98. The lowest BCUT2D eigenvalue weighted by atomic mass is 10.1. The van der Waals surface area contributed by atoms with Gasteiger partial charge < -0.3 is 25.5 Å². The monoisotopic (exact) mass is 494 g/mol. The number of halogens is 1. The van der Waals surface area contributed by atoms with Crippen LogP contribution in [0.4, 0.5) is 0 Å². The maximum Gasteiger partial charge on any atom is 0.188 e. The molecule has 0 unspecified atom stereocenters. The standard InChI is InChI=1S/C21H26N4O2.HI/c1-14-5-4-6-17-16(13-24-20(14)17)9-10-23-21(22)25-12-15-7-8-18(26-2)19(11-15)27-3;/h4-8,11,13,24H,9-10,12H2,1-3H3,(H3,22,23,25);1H. The average molecular weight is 494 g/mol. The molecule has 28 heavy (non-hydrogen) atoms. The third-order valence-corrected chi connectivity index (χ3v) is 4.59. The highest BCUT2D eigenvalue weighted by molar-refractivity contribution is 14.0. The van der Waals surface area contributed by atoms with E-state index in [1.165, 1.54) is 22.0 Å². The molecular formula is C21H27IN4O2. The van der Waals surface area contributed by atoms with Crippen molar-refractivity contribution in [3.05, 3.63) is 59.3 Å². The molecule has 0 atom stereocenters. The van der Waals surface area contributed by atoms with Crippen LogP contribution < -0.4 is 20.5 Å². The number of ether oxygens (including phenoxy) is 2. The Morgan fingerprint density at radius 1 is 1.14 bits per heavy atom. The first-order valence-electron chi connectivity index (χ1n) is 8.92. The number of aromatic nitrogens is 1. The molecular weight excluding hydrogens is 467 g/mol. The number of hydrogen-bond donors (Lipinski definition) is 3. The minimum absolute atomic E-state index is 0. The number of aryl methyl sites for hydroxylation is 1. The number of aromatic amines is 1. The molecule has 0 bridgehead atoms. The lowest BCUT2D eigenvalue weighted by Gasteiger charge is -2.09. The second-order valence-corrected chi connectivity index (χ2v) is 6.38. The summed E-state index contributed by atoms with van der Waals surface area (Å²) in [6.45, 7) is 3.31. The van der Waals surface area contributed by atoms with E-state index in [4.69, 9.17) is 15.2 Å². The number of nitrogens with zero attached hydrogens (tertiary/aromatic N) is 1. The first-order valence-corrected chi connectivity index (χ1v) is 8.92. The first kappa shape index (κ1) is 21.9. The van der Waals surface area contributed by atoms with Gasteiger partial charge in [-0.1, -0.05) is 24.3 Å². The van der Waals surface area contributed by atoms with Crippen LogP contribution in [0.3, 0.4) is 0 Å². The van der Waals surface area contributed by atoms with E-state index in [2.05, 4.69) is 46.6 Å². The molecule has 0 radical (unpaired) electrons. The molecule has 7 heteroatoms. The van der Waals surface area contributed by atoms with Crippen molar-refractivity contribution in [1.29, 1.82) is 0 Å². The average Bonchev–Trinajstić information content (AvgIpc) is 3.10. The number of benzene rings is 2. The van der Waals surface area contributed by atoms with Gasteiger partial charge in [0, 0.05) is 23.6 Å². The molecule has 1 heterocycles. The number of rotatable bonds is 7. The maximum absolute atomic E-state index is 6.00. The number of aliphatic imine (C=N–C) groups is 1. The fourth-order valence-electron chi connectivity index (χ4n) is 3.11. The highest BCUT2D eigenvalue weighted by atomic mass is 127. The third-order valence-electron chi connectivity index (χ3n) is 4.59. The molecule has 0 aliphatic rings. The Morgan fingerprint density at radius 3 is 2.68 bits per heavy atom. The fourth-order valence-corrected chi connectivity index (χ4v) is 3.11. The van der Waals surface area contributed by atoms with Gasteiger partial charge in [0.05, 0.1) is 20.8 Å². The van der Waals surface area contributed by atoms with Gasteiger partial charge in [-0.15, -0.1) is 24.0 Å². The van der Waals surface area contributed by atoms with E-state index in [0.29, 0.717) is 24.0 Å². The van der Waals surface area contributed by atoms with Gasteiger partial charge in [0.2, 0.25) is 0 Å². The number of guanidine groups is 1. The Bertz CT molecular complexity index is 953. The van der Waals surface area contributed by atoms with Gasteiger partial charge >= 0.3 is 0 Å². The van der Waals surface area contributed by atoms with Crippen molar-refractivity contribution in [2.75, 3.05) is 20.8 Å². The van der Waals surface area contributed by atoms with Gasteiger partial charge in [0.1, 0.15) is 0 Å². The largest absolute Gasteiger partial charge is 0.493 e. The number of H-pyrrole nitrogens is 1. The highest BCUT2D eigenvalue weighted by Crippen LogP contribution is 2.27. The predicted molar refractivity (Wildman–Crippen MR) is 125 cm³/mol. The molecule has 150 valence electrons. The van der Waals surface area contributed by atoms with Crippen molar-refractivity contribution in [3.8, 4) is 11.5 Å². The zero-order valence-electron chi connectivity index (χ0n) is 16.4. The molecule has 3 rings (SSSR count). The highest BCUT2D eigenvalue weighted by Gasteiger charge is 2.06. The molecule has 0 amide bonds. The number of hydrogen-bond acceptors (Lipinski definition) is 3. The van der Waals surface area contributed by atoms with Crippen LogP contribution in [-0.4, -0.2) is 31.7 Å². The molecule has 0 spiro atoms. The van der Waals surface area contributed by atoms with E-state index in [1.807, 2.05) is 18.2 Å². The van der Waals surface area contributed by atoms with Crippen LogP contribution in [0.5, 0.6) is 11.5 Å². The van der Waals surface area contributed by atoms with Crippen LogP contribution in [0.2, 0.25) is 0 Å². The molecule has 1 aromatic heterocycles. The van der Waals surface area contributed by atoms with E-state index in [9.17, 15) is 0 Å². The summed E-state index contributed by atoms with van der Waals surface area (Å²) in [4.78, 5) is 7.75. The van der Waals surface area contributed by atoms with Crippen LogP contribution in [-0.2, 0) is 13.0 Å². The quantitative estimate of drug-likeness (QED) is 0.265. The van der Waals surface area contributed by atoms with Gasteiger partial charge in [0.25, 0.3) is 0 Å². The van der Waals surface area contributed by atoms with Crippen LogP contribution in [0.15, 0.2) is 47.6 Å². The van der Waals surface area contributed by atoms with E-state index in [0.717, 1.165) is 18.5 Å². The topological polar surface area (TPSA) is 84.7 Å². The Balaban J connectivity index is 0.00000280. The van der Waals surface area contributed by atoms with Crippen LogP contribution in [0.1, 0.15) is 16.7 Å². The molecule has 0 saturated heterocycles. The first-order chi connectivity index (χ1) is 13.1. The molecule has 3 aromatic rings. The smallest absolute Gasteiger partial charge is 0.188 e. The molecule has 2 aromatic carbocycles. The number of methoxy groups -OCH3 is 2. The molecule has 6 nitrogen and oxygen atoms in total. The number of fused-ring (bicyclic) bond motifs is 1. The van der Waals surface area contributed by atoms with Gasteiger partial charge in [-0.25, -0.2) is 4.99 Å². The Labute approximate surface area is 182 Å². The van der Waals surface area contributed by atoms with Crippen molar-refractivity contribution in [2.45, 2.75) is 19.9 Å². The normalized spacial score (nSPS) is 11.2. The summed E-state index contributed by atoms with van der Waals surface area (Å²) in [5, 5.41) is 4.44. The number of nitrogens with two attached hydrogens (primary N) is 1. The fraction of sp³-hybridized carbons (Fsp3) is 0.286. The number of nitrogens with one attached hydrogen (secondary N) is 2. The van der Waals surface area contributed by atoms with Crippen LogP contribution in [0, 0.1) is 6.92 Å². The molecule has 0 aliphatic heterocycles. The minimum Gasteiger partial charge on any atom is -0.493 e. The van der Waals surface area contributed by atoms with Crippen molar-refractivity contribution < 1.29 is 9.47 Å². The van der Waals surface area contributed by atoms with Crippen molar-refractivity contribution >= 4 is 40.8 Å². The third kappa shape index (κ3) is 5.09. The second kappa shape index (κ2) is 10.2. The zero-order valence-corrected chi connectivity index (χ0v) is 18.7. The summed E-state index contributed by atoms with van der Waals surface area (Å²) in [6.07, 6.45) is 2.94. The molecule has 0 saturated carbocycles. The Morgan fingerprint density at radius 2 is 1.93 bits per heavy atom. The van der Waals surface area contributed by atoms with Crippen molar-refractivity contribution in [1.82, 2.24) is 10.3 Å². The van der Waals surface area contributed by atoms with E-state index in [-0.39, 0.29) is 24.0 Å². The van der Waals surface area contributed by atoms with Crippen LogP contribution in [0.25, 0.3) is 10.9 Å². The molecule has 4 N–H and O–H groups in total. The minimum atomic E-state index is 0. The maximum atomic E-state index is 6.00. The number of para-hydroxylation sites is 1. The van der Waals surface area contributed by atoms with E-state index in [1.54, 1.807) is 14.2 Å². The Hall–Kier alpha value is -2.42. The van der Waals surface area contributed by atoms with Gasteiger partial charge in [-0.2, -0.15) is 0 Å². The lowest BCUT2D eigenvalue weighted by molar-refractivity contribution is 0.354. The summed E-state index contributed by atoms with van der Waals surface area (Å²) < 4.78 is 10.6. The molecule has 0 aliphatic carbocycles. The van der Waals surface area contributed by atoms with Gasteiger partial charge in [-0.3, -0.25) is 0 Å².